The summed E-state index contributed by atoms with van der Waals surface area (Å²) in [7, 11) is -3.46. The van der Waals surface area contributed by atoms with Crippen molar-refractivity contribution in [2.75, 3.05) is 26.2 Å². The number of amides is 1. The molecule has 5 nitrogen and oxygen atoms in total. The molecule has 25 heavy (non-hydrogen) atoms. The highest BCUT2D eigenvalue weighted by Crippen LogP contribution is 2.29. The van der Waals surface area contributed by atoms with Crippen LogP contribution in [0.1, 0.15) is 44.2 Å². The maximum absolute atomic E-state index is 12.9. The van der Waals surface area contributed by atoms with Crippen LogP contribution in [-0.4, -0.2) is 49.7 Å². The number of hydrogen-bond acceptors (Lipinski definition) is 3. The van der Waals surface area contributed by atoms with Crippen LogP contribution in [0, 0.1) is 5.92 Å². The highest BCUT2D eigenvalue weighted by molar-refractivity contribution is 7.89. The Morgan fingerprint density at radius 2 is 1.76 bits per heavy atom. The van der Waals surface area contributed by atoms with Crippen molar-refractivity contribution in [2.45, 2.75) is 50.8 Å². The zero-order valence-electron chi connectivity index (χ0n) is 15.2. The third-order valence-corrected chi connectivity index (χ3v) is 7.48. The number of hydrogen-bond donors (Lipinski definition) is 0. The Morgan fingerprint density at radius 3 is 2.40 bits per heavy atom. The molecule has 1 aromatic rings. The molecule has 3 rings (SSSR count). The van der Waals surface area contributed by atoms with Crippen molar-refractivity contribution in [1.29, 1.82) is 0 Å². The number of aryl methyl sites for hydroxylation is 2. The summed E-state index contributed by atoms with van der Waals surface area (Å²) in [5, 5.41) is 0. The monoisotopic (exact) mass is 364 g/mol. The number of carbonyl (C=O) groups is 1. The molecule has 0 saturated carbocycles. The van der Waals surface area contributed by atoms with Crippen LogP contribution in [0.3, 0.4) is 0 Å². The minimum atomic E-state index is -3.46. The van der Waals surface area contributed by atoms with Gasteiger partial charge in [-0.1, -0.05) is 6.07 Å². The van der Waals surface area contributed by atoms with E-state index in [1.54, 1.807) is 10.4 Å². The van der Waals surface area contributed by atoms with Crippen molar-refractivity contribution >= 4 is 15.9 Å². The number of carbonyl (C=O) groups excluding carboxylic acids is 1. The molecular weight excluding hydrogens is 336 g/mol. The molecule has 0 bridgehead atoms. The molecule has 1 fully saturated rings. The first-order valence-corrected chi connectivity index (χ1v) is 10.8. The Labute approximate surface area is 151 Å². The summed E-state index contributed by atoms with van der Waals surface area (Å²) in [5.74, 6) is 0.117. The van der Waals surface area contributed by atoms with E-state index in [1.165, 1.54) is 11.1 Å². The Kier molecular flexibility index (Phi) is 5.49. The van der Waals surface area contributed by atoms with E-state index in [9.17, 15) is 13.2 Å². The largest absolute Gasteiger partial charge is 0.343 e. The number of rotatable bonds is 5. The molecule has 0 N–H and O–H groups in total. The fraction of sp³-hybridized carbons (Fsp3) is 0.632. The van der Waals surface area contributed by atoms with Gasteiger partial charge in [0.05, 0.1) is 4.90 Å². The number of piperidine rings is 1. The molecule has 0 aromatic heterocycles. The molecule has 1 aliphatic heterocycles. The number of nitrogens with zero attached hydrogens (tertiary/aromatic N) is 2. The van der Waals surface area contributed by atoms with Gasteiger partial charge in [-0.25, -0.2) is 8.42 Å². The lowest BCUT2D eigenvalue weighted by molar-refractivity contribution is -0.136. The first-order valence-electron chi connectivity index (χ1n) is 9.38. The molecule has 1 saturated heterocycles. The molecule has 1 aromatic carbocycles. The van der Waals surface area contributed by atoms with Gasteiger partial charge in [-0.3, -0.25) is 4.79 Å². The first kappa shape index (κ1) is 18.4. The Bertz CT molecular complexity index is 733. The van der Waals surface area contributed by atoms with Crippen molar-refractivity contribution in [3.63, 3.8) is 0 Å². The lowest BCUT2D eigenvalue weighted by Gasteiger charge is -2.33. The predicted octanol–water partition coefficient (Wildman–Crippen LogP) is 2.44. The van der Waals surface area contributed by atoms with E-state index in [0.717, 1.165) is 19.3 Å². The molecule has 0 spiro atoms. The second-order valence-electron chi connectivity index (χ2n) is 6.97. The molecule has 1 aliphatic carbocycles. The van der Waals surface area contributed by atoms with Crippen molar-refractivity contribution in [3.8, 4) is 0 Å². The predicted molar refractivity (Wildman–Crippen MR) is 97.9 cm³/mol. The van der Waals surface area contributed by atoms with Gasteiger partial charge in [-0.05, 0) is 69.2 Å². The summed E-state index contributed by atoms with van der Waals surface area (Å²) in [6, 6.07) is 5.56. The van der Waals surface area contributed by atoms with Gasteiger partial charge >= 0.3 is 0 Å². The number of benzene rings is 1. The summed E-state index contributed by atoms with van der Waals surface area (Å²) in [4.78, 5) is 14.7. The third kappa shape index (κ3) is 3.60. The average molecular weight is 365 g/mol. The van der Waals surface area contributed by atoms with E-state index in [4.69, 9.17) is 0 Å². The van der Waals surface area contributed by atoms with Gasteiger partial charge in [-0.2, -0.15) is 4.31 Å². The maximum Gasteiger partial charge on any atom is 0.243 e. The lowest BCUT2D eigenvalue weighted by Crippen LogP contribution is -2.44. The molecule has 2 aliphatic rings. The number of fused-ring (bicyclic) bond motifs is 1. The molecule has 1 heterocycles. The second-order valence-corrected chi connectivity index (χ2v) is 8.91. The highest BCUT2D eigenvalue weighted by atomic mass is 32.2. The van der Waals surface area contributed by atoms with Crippen LogP contribution < -0.4 is 0 Å². The molecule has 6 heteroatoms. The average Bonchev–Trinajstić information content (AvgIpc) is 3.10. The second kappa shape index (κ2) is 7.46. The van der Waals surface area contributed by atoms with E-state index < -0.39 is 10.0 Å². The summed E-state index contributed by atoms with van der Waals surface area (Å²) in [6.45, 7) is 6.24. The van der Waals surface area contributed by atoms with Crippen LogP contribution in [0.5, 0.6) is 0 Å². The summed E-state index contributed by atoms with van der Waals surface area (Å²) in [6.07, 6.45) is 4.35. The molecule has 0 radical (unpaired) electrons. The lowest BCUT2D eigenvalue weighted by atomic mass is 9.96. The van der Waals surface area contributed by atoms with E-state index in [1.807, 2.05) is 30.9 Å². The van der Waals surface area contributed by atoms with Gasteiger partial charge in [0.1, 0.15) is 0 Å². The zero-order chi connectivity index (χ0) is 18.0. The Morgan fingerprint density at radius 1 is 1.12 bits per heavy atom. The van der Waals surface area contributed by atoms with Crippen molar-refractivity contribution in [1.82, 2.24) is 9.21 Å². The van der Waals surface area contributed by atoms with Gasteiger partial charge < -0.3 is 4.90 Å². The van der Waals surface area contributed by atoms with Crippen molar-refractivity contribution < 1.29 is 13.2 Å². The minimum absolute atomic E-state index is 0.0497. The summed E-state index contributed by atoms with van der Waals surface area (Å²) < 4.78 is 27.4. The van der Waals surface area contributed by atoms with Crippen LogP contribution >= 0.6 is 0 Å². The first-order chi connectivity index (χ1) is 12.0. The molecule has 0 unspecified atom stereocenters. The van der Waals surface area contributed by atoms with Gasteiger partial charge in [0.25, 0.3) is 0 Å². The molecule has 1 amide bonds. The van der Waals surface area contributed by atoms with Crippen molar-refractivity contribution in [3.05, 3.63) is 29.3 Å². The summed E-state index contributed by atoms with van der Waals surface area (Å²) >= 11 is 0. The highest BCUT2D eigenvalue weighted by Gasteiger charge is 2.33. The van der Waals surface area contributed by atoms with Gasteiger partial charge in [0.2, 0.25) is 15.9 Å². The fourth-order valence-electron chi connectivity index (χ4n) is 3.99. The van der Waals surface area contributed by atoms with E-state index in [0.29, 0.717) is 43.9 Å². The van der Waals surface area contributed by atoms with Crippen LogP contribution in [0.15, 0.2) is 23.1 Å². The maximum atomic E-state index is 12.9. The minimum Gasteiger partial charge on any atom is -0.343 e. The zero-order valence-corrected chi connectivity index (χ0v) is 16.0. The van der Waals surface area contributed by atoms with E-state index in [-0.39, 0.29) is 11.8 Å². The SMILES string of the molecule is CCN(CC)C(=O)C1CCN(S(=O)(=O)c2ccc3c(c2)CCC3)CC1. The van der Waals surface area contributed by atoms with Crippen LogP contribution in [0.2, 0.25) is 0 Å². The van der Waals surface area contributed by atoms with Crippen LogP contribution in [-0.2, 0) is 27.7 Å². The molecular formula is C19H28N2O3S. The van der Waals surface area contributed by atoms with Crippen molar-refractivity contribution in [2.24, 2.45) is 5.92 Å². The van der Waals surface area contributed by atoms with E-state index in [2.05, 4.69) is 0 Å². The normalized spacial score (nSPS) is 19.0. The summed E-state index contributed by atoms with van der Waals surface area (Å²) in [5.41, 5.74) is 2.45. The van der Waals surface area contributed by atoms with Gasteiger partial charge in [-0.15, -0.1) is 0 Å². The molecule has 0 atom stereocenters. The van der Waals surface area contributed by atoms with Crippen LogP contribution in [0.25, 0.3) is 0 Å². The smallest absolute Gasteiger partial charge is 0.243 e. The molecule has 138 valence electrons. The standard InChI is InChI=1S/C19H28N2O3S/c1-3-20(4-2)19(22)16-10-12-21(13-11-16)25(23,24)18-9-8-15-6-5-7-17(15)14-18/h8-9,14,16H,3-7,10-13H2,1-2H3. The number of sulfonamides is 1. The topological polar surface area (TPSA) is 57.7 Å². The third-order valence-electron chi connectivity index (χ3n) is 5.59. The quantitative estimate of drug-likeness (QED) is 0.806. The van der Waals surface area contributed by atoms with Crippen LogP contribution in [0.4, 0.5) is 0 Å². The van der Waals surface area contributed by atoms with E-state index >= 15 is 0 Å². The fourth-order valence-corrected chi connectivity index (χ4v) is 5.52. The van der Waals surface area contributed by atoms with Gasteiger partial charge in [0, 0.05) is 32.1 Å². The van der Waals surface area contributed by atoms with Gasteiger partial charge in [0.15, 0.2) is 0 Å². The Balaban J connectivity index is 1.68. The Hall–Kier alpha value is -1.40.